The molecule has 0 saturated carbocycles. The molecule has 0 aliphatic carbocycles. The lowest BCUT2D eigenvalue weighted by atomic mass is 10.1. The zero-order valence-corrected chi connectivity index (χ0v) is 19.6. The molecule has 0 spiro atoms. The number of imidazole rings is 1. The molecule has 5 aromatic carbocycles. The molecule has 0 fully saturated rings. The van der Waals surface area contributed by atoms with Crippen LogP contribution in [-0.4, -0.2) is 14.5 Å². The van der Waals surface area contributed by atoms with Crippen LogP contribution in [0.3, 0.4) is 0 Å². The molecular formula is C33H21N3O. The summed E-state index contributed by atoms with van der Waals surface area (Å²) in [6.07, 6.45) is 0. The first-order valence-electron chi connectivity index (χ1n) is 13.7. The van der Waals surface area contributed by atoms with Crippen molar-refractivity contribution in [2.24, 2.45) is 0 Å². The molecule has 8 aromatic rings. The van der Waals surface area contributed by atoms with Crippen molar-refractivity contribution in [1.82, 2.24) is 14.5 Å². The average molecular weight is 479 g/mol. The van der Waals surface area contributed by atoms with Gasteiger partial charge in [0.15, 0.2) is 0 Å². The second-order valence-electron chi connectivity index (χ2n) is 9.26. The number of aryl methyl sites for hydroxylation is 1. The minimum absolute atomic E-state index is 0.280. The van der Waals surface area contributed by atoms with E-state index in [2.05, 4.69) is 47.0 Å². The fourth-order valence-electron chi connectivity index (χ4n) is 5.43. The van der Waals surface area contributed by atoms with Gasteiger partial charge in [-0.2, -0.15) is 0 Å². The molecule has 0 unspecified atom stereocenters. The van der Waals surface area contributed by atoms with Crippen LogP contribution < -0.4 is 0 Å². The Morgan fingerprint density at radius 2 is 1.46 bits per heavy atom. The number of hydrogen-bond donors (Lipinski definition) is 0. The van der Waals surface area contributed by atoms with Crippen molar-refractivity contribution in [2.45, 2.75) is 6.85 Å². The summed E-state index contributed by atoms with van der Waals surface area (Å²) in [6, 6.07) is 35.8. The van der Waals surface area contributed by atoms with Crippen LogP contribution in [0, 0.1) is 6.85 Å². The monoisotopic (exact) mass is 478 g/mol. The van der Waals surface area contributed by atoms with Gasteiger partial charge in [-0.05, 0) is 54.2 Å². The van der Waals surface area contributed by atoms with E-state index in [-0.39, 0.29) is 5.56 Å². The van der Waals surface area contributed by atoms with E-state index < -0.39 is 6.85 Å². The second kappa shape index (κ2) is 7.52. The first-order valence-corrected chi connectivity index (χ1v) is 12.2. The van der Waals surface area contributed by atoms with Gasteiger partial charge in [-0.3, -0.25) is 4.57 Å². The Morgan fingerprint density at radius 1 is 0.676 bits per heavy atom. The number of furan rings is 1. The van der Waals surface area contributed by atoms with Gasteiger partial charge in [0.1, 0.15) is 11.4 Å². The molecule has 0 aliphatic heterocycles. The van der Waals surface area contributed by atoms with Crippen LogP contribution >= 0.6 is 0 Å². The SMILES string of the molecule is [2H]C([2H])([2H])c1cccc2nc3oc4c(-c5nc6ccccc6n5-c5cccc6ccccc56)cccc4c3cc12. The van der Waals surface area contributed by atoms with Crippen molar-refractivity contribution in [1.29, 1.82) is 0 Å². The van der Waals surface area contributed by atoms with Crippen molar-refractivity contribution in [3.63, 3.8) is 0 Å². The second-order valence-corrected chi connectivity index (χ2v) is 9.26. The van der Waals surface area contributed by atoms with E-state index in [1.807, 2.05) is 54.6 Å². The molecule has 0 N–H and O–H groups in total. The smallest absolute Gasteiger partial charge is 0.227 e. The minimum atomic E-state index is -2.25. The Balaban J connectivity index is 1.46. The van der Waals surface area contributed by atoms with E-state index in [1.165, 1.54) is 0 Å². The average Bonchev–Trinajstić information content (AvgIpc) is 3.53. The molecule has 0 saturated heterocycles. The quantitative estimate of drug-likeness (QED) is 0.250. The fourth-order valence-corrected chi connectivity index (χ4v) is 5.43. The van der Waals surface area contributed by atoms with Crippen molar-refractivity contribution in [2.75, 3.05) is 0 Å². The van der Waals surface area contributed by atoms with Crippen LogP contribution in [0.25, 0.3) is 71.9 Å². The van der Waals surface area contributed by atoms with E-state index in [0.29, 0.717) is 22.2 Å². The molecule has 0 atom stereocenters. The van der Waals surface area contributed by atoms with Gasteiger partial charge < -0.3 is 4.42 Å². The van der Waals surface area contributed by atoms with Gasteiger partial charge in [0, 0.05) is 25.7 Å². The van der Waals surface area contributed by atoms with E-state index in [4.69, 9.17) is 18.5 Å². The van der Waals surface area contributed by atoms with Gasteiger partial charge in [-0.25, -0.2) is 9.97 Å². The summed E-state index contributed by atoms with van der Waals surface area (Å²) in [6.45, 7) is -2.25. The van der Waals surface area contributed by atoms with Gasteiger partial charge in [0.2, 0.25) is 5.71 Å². The molecule has 8 rings (SSSR count). The van der Waals surface area contributed by atoms with Crippen LogP contribution in [0.4, 0.5) is 0 Å². The highest BCUT2D eigenvalue weighted by Crippen LogP contribution is 2.39. The summed E-state index contributed by atoms with van der Waals surface area (Å²) in [5, 5.41) is 4.50. The van der Waals surface area contributed by atoms with Gasteiger partial charge in [-0.15, -0.1) is 0 Å². The Labute approximate surface area is 216 Å². The van der Waals surface area contributed by atoms with Gasteiger partial charge in [-0.1, -0.05) is 72.8 Å². The number of benzene rings is 5. The van der Waals surface area contributed by atoms with Crippen molar-refractivity contribution >= 4 is 54.8 Å². The number of pyridine rings is 1. The van der Waals surface area contributed by atoms with E-state index in [1.54, 1.807) is 12.1 Å². The third kappa shape index (κ3) is 2.90. The molecule has 0 amide bonds. The number of aromatic nitrogens is 3. The van der Waals surface area contributed by atoms with Crippen molar-refractivity contribution < 1.29 is 8.53 Å². The lowest BCUT2D eigenvalue weighted by Gasteiger charge is -2.13. The maximum absolute atomic E-state index is 8.02. The number of rotatable bonds is 2. The van der Waals surface area contributed by atoms with Crippen LogP contribution in [0.5, 0.6) is 0 Å². The molecular weight excluding hydrogens is 454 g/mol. The van der Waals surface area contributed by atoms with Crippen molar-refractivity contribution in [3.8, 4) is 17.1 Å². The number of fused-ring (bicyclic) bond motifs is 6. The molecule has 37 heavy (non-hydrogen) atoms. The molecule has 3 aromatic heterocycles. The first-order chi connectivity index (χ1) is 19.5. The topological polar surface area (TPSA) is 43.9 Å². The molecule has 0 bridgehead atoms. The minimum Gasteiger partial charge on any atom is -0.437 e. The summed E-state index contributed by atoms with van der Waals surface area (Å²) in [7, 11) is 0. The summed E-state index contributed by atoms with van der Waals surface area (Å²) < 4.78 is 32.7. The Bertz CT molecular complexity index is 2270. The Hall–Kier alpha value is -4.96. The van der Waals surface area contributed by atoms with Crippen LogP contribution in [0.1, 0.15) is 9.68 Å². The summed E-state index contributed by atoms with van der Waals surface area (Å²) in [4.78, 5) is 9.84. The molecule has 4 heteroatoms. The number of nitrogens with zero attached hydrogens (tertiary/aromatic N) is 3. The van der Waals surface area contributed by atoms with Crippen molar-refractivity contribution in [3.05, 3.63) is 115 Å². The highest BCUT2D eigenvalue weighted by molar-refractivity contribution is 6.11. The van der Waals surface area contributed by atoms with Crippen LogP contribution in [-0.2, 0) is 0 Å². The number of hydrogen-bond acceptors (Lipinski definition) is 3. The van der Waals surface area contributed by atoms with E-state index >= 15 is 0 Å². The lowest BCUT2D eigenvalue weighted by Crippen LogP contribution is -1.99. The molecule has 3 heterocycles. The highest BCUT2D eigenvalue weighted by Gasteiger charge is 2.21. The Kier molecular flexibility index (Phi) is 3.55. The molecule has 0 radical (unpaired) electrons. The standard InChI is InChI=1S/C33H21N3O/c1-20-9-6-16-27-25(20)19-26-23-13-8-14-24(31(23)37-33(26)35-27)32-34-28-15-4-5-17-30(28)36(32)29-18-7-11-21-10-2-3-12-22(21)29/h2-19H,1H3/i1D3. The molecule has 4 nitrogen and oxygen atoms in total. The fraction of sp³-hybridized carbons (Fsp3) is 0.0303. The zero-order valence-electron chi connectivity index (χ0n) is 22.6. The predicted molar refractivity (Wildman–Crippen MR) is 151 cm³/mol. The summed E-state index contributed by atoms with van der Waals surface area (Å²) in [5.74, 6) is 0.759. The Morgan fingerprint density at radius 3 is 2.43 bits per heavy atom. The summed E-state index contributed by atoms with van der Waals surface area (Å²) >= 11 is 0. The normalized spacial score (nSPS) is 13.5. The summed E-state index contributed by atoms with van der Waals surface area (Å²) in [5.41, 5.74) is 5.73. The third-order valence-electron chi connectivity index (χ3n) is 7.14. The molecule has 174 valence electrons. The van der Waals surface area contributed by atoms with E-state index in [9.17, 15) is 0 Å². The maximum Gasteiger partial charge on any atom is 0.227 e. The van der Waals surface area contributed by atoms with E-state index in [0.717, 1.165) is 49.7 Å². The maximum atomic E-state index is 8.02. The van der Waals surface area contributed by atoms with Gasteiger partial charge in [0.25, 0.3) is 0 Å². The number of para-hydroxylation sites is 3. The van der Waals surface area contributed by atoms with Gasteiger partial charge in [0.05, 0.1) is 27.8 Å². The lowest BCUT2D eigenvalue weighted by molar-refractivity contribution is 0.656. The molecule has 0 aliphatic rings. The highest BCUT2D eigenvalue weighted by atomic mass is 16.3. The predicted octanol–water partition coefficient (Wildman–Crippen LogP) is 8.60. The third-order valence-corrected chi connectivity index (χ3v) is 7.14. The zero-order chi connectivity index (χ0) is 27.0. The van der Waals surface area contributed by atoms with Gasteiger partial charge >= 0.3 is 0 Å². The van der Waals surface area contributed by atoms with Crippen LogP contribution in [0.15, 0.2) is 114 Å². The van der Waals surface area contributed by atoms with Crippen LogP contribution in [0.2, 0.25) is 0 Å². The largest absolute Gasteiger partial charge is 0.437 e. The first kappa shape index (κ1) is 17.5.